The average molecular weight is 141 g/mol. The predicted molar refractivity (Wildman–Crippen MR) is 45.1 cm³/mol. The lowest BCUT2D eigenvalue weighted by molar-refractivity contribution is 0.0830. The van der Waals surface area contributed by atoms with Gasteiger partial charge in [-0.2, -0.15) is 0 Å². The largest absolute Gasteiger partial charge is 0.306 e. The molecule has 60 valence electrons. The summed E-state index contributed by atoms with van der Waals surface area (Å²) in [5.41, 5.74) is 0.535. The Balaban J connectivity index is 2.55. The summed E-state index contributed by atoms with van der Waals surface area (Å²) in [5, 5.41) is 0. The molecule has 0 saturated carbocycles. The van der Waals surface area contributed by atoms with Crippen molar-refractivity contribution in [2.45, 2.75) is 27.2 Å². The molecule has 1 heteroatoms. The highest BCUT2D eigenvalue weighted by atomic mass is 15.1. The fourth-order valence-corrected chi connectivity index (χ4v) is 1.74. The Hall–Kier alpha value is -0.0400. The Morgan fingerprint density at radius 1 is 1.40 bits per heavy atom. The van der Waals surface area contributed by atoms with E-state index in [9.17, 15) is 0 Å². The highest BCUT2D eigenvalue weighted by Gasteiger charge is 2.30. The second-order valence-corrected chi connectivity index (χ2v) is 4.42. The van der Waals surface area contributed by atoms with Crippen LogP contribution in [0.2, 0.25) is 0 Å². The van der Waals surface area contributed by atoms with Crippen molar-refractivity contribution in [1.82, 2.24) is 4.90 Å². The Bertz CT molecular complexity index is 118. The van der Waals surface area contributed by atoms with Crippen LogP contribution >= 0.6 is 0 Å². The molecule has 1 heterocycles. The van der Waals surface area contributed by atoms with Gasteiger partial charge in [0.05, 0.1) is 0 Å². The van der Waals surface area contributed by atoms with E-state index in [2.05, 4.69) is 32.7 Å². The number of piperidine rings is 1. The summed E-state index contributed by atoms with van der Waals surface area (Å²) >= 11 is 0. The molecule has 0 bridgehead atoms. The first kappa shape index (κ1) is 8.06. The molecule has 0 spiro atoms. The molecule has 0 N–H and O–H groups in total. The summed E-state index contributed by atoms with van der Waals surface area (Å²) in [5.74, 6) is 0.892. The van der Waals surface area contributed by atoms with Crippen LogP contribution in [0.4, 0.5) is 0 Å². The van der Waals surface area contributed by atoms with Crippen molar-refractivity contribution in [2.24, 2.45) is 11.3 Å². The van der Waals surface area contributed by atoms with Crippen molar-refractivity contribution < 1.29 is 0 Å². The molecule has 0 aliphatic carbocycles. The van der Waals surface area contributed by atoms with E-state index in [4.69, 9.17) is 0 Å². The molecule has 1 fully saturated rings. The van der Waals surface area contributed by atoms with E-state index in [1.54, 1.807) is 0 Å². The van der Waals surface area contributed by atoms with Crippen LogP contribution in [0, 0.1) is 11.3 Å². The Morgan fingerprint density at radius 2 is 2.00 bits per heavy atom. The molecule has 0 unspecified atom stereocenters. The molecule has 0 radical (unpaired) electrons. The van der Waals surface area contributed by atoms with Gasteiger partial charge in [-0.15, -0.1) is 0 Å². The molecule has 1 nitrogen and oxygen atoms in total. The van der Waals surface area contributed by atoms with E-state index in [-0.39, 0.29) is 0 Å². The lowest BCUT2D eigenvalue weighted by atomic mass is 9.75. The van der Waals surface area contributed by atoms with E-state index < -0.39 is 0 Å². The van der Waals surface area contributed by atoms with E-state index >= 15 is 0 Å². The second kappa shape index (κ2) is 2.54. The zero-order valence-electron chi connectivity index (χ0n) is 7.65. The van der Waals surface area contributed by atoms with Crippen molar-refractivity contribution in [3.8, 4) is 0 Å². The monoisotopic (exact) mass is 141 g/mol. The van der Waals surface area contributed by atoms with Crippen molar-refractivity contribution in [3.63, 3.8) is 0 Å². The van der Waals surface area contributed by atoms with E-state index in [1.165, 1.54) is 19.5 Å². The van der Waals surface area contributed by atoms with E-state index in [0.29, 0.717) is 5.41 Å². The number of likely N-dealkylation sites (tertiary alicyclic amines) is 1. The highest BCUT2D eigenvalue weighted by Crippen LogP contribution is 2.33. The second-order valence-electron chi connectivity index (χ2n) is 4.42. The van der Waals surface area contributed by atoms with Crippen molar-refractivity contribution in [1.29, 1.82) is 0 Å². The third kappa shape index (κ3) is 1.51. The number of nitrogens with zero attached hydrogens (tertiary/aromatic N) is 1. The summed E-state index contributed by atoms with van der Waals surface area (Å²) in [7, 11) is 2.22. The third-order valence-corrected chi connectivity index (χ3v) is 2.96. The van der Waals surface area contributed by atoms with Crippen LogP contribution in [-0.2, 0) is 0 Å². The molecule has 0 aromatic carbocycles. The van der Waals surface area contributed by atoms with Gasteiger partial charge in [-0.25, -0.2) is 0 Å². The number of hydrogen-bond acceptors (Lipinski definition) is 1. The quantitative estimate of drug-likeness (QED) is 0.498. The molecule has 1 aliphatic heterocycles. The SMILES string of the molecule is C[C@H]1CCN(C)CC1(C)C. The van der Waals surface area contributed by atoms with Gasteiger partial charge >= 0.3 is 0 Å². The zero-order valence-corrected chi connectivity index (χ0v) is 7.65. The minimum Gasteiger partial charge on any atom is -0.306 e. The summed E-state index contributed by atoms with van der Waals surface area (Å²) in [6, 6.07) is 0. The maximum Gasteiger partial charge on any atom is 0.00322 e. The van der Waals surface area contributed by atoms with Gasteiger partial charge in [-0.1, -0.05) is 20.8 Å². The number of hydrogen-bond donors (Lipinski definition) is 0. The van der Waals surface area contributed by atoms with Crippen LogP contribution < -0.4 is 0 Å². The maximum absolute atomic E-state index is 2.43. The molecule has 1 atom stereocenters. The van der Waals surface area contributed by atoms with Crippen LogP contribution in [0.25, 0.3) is 0 Å². The van der Waals surface area contributed by atoms with Gasteiger partial charge in [0.2, 0.25) is 0 Å². The van der Waals surface area contributed by atoms with Crippen LogP contribution in [0.3, 0.4) is 0 Å². The Labute approximate surface area is 64.4 Å². The summed E-state index contributed by atoms with van der Waals surface area (Å²) < 4.78 is 0. The van der Waals surface area contributed by atoms with Gasteiger partial charge in [0, 0.05) is 6.54 Å². The van der Waals surface area contributed by atoms with E-state index in [0.717, 1.165) is 5.92 Å². The van der Waals surface area contributed by atoms with Gasteiger partial charge in [-0.3, -0.25) is 0 Å². The van der Waals surface area contributed by atoms with Crippen molar-refractivity contribution in [2.75, 3.05) is 20.1 Å². The van der Waals surface area contributed by atoms with Crippen LogP contribution in [0.15, 0.2) is 0 Å². The molecule has 1 saturated heterocycles. The third-order valence-electron chi connectivity index (χ3n) is 2.96. The van der Waals surface area contributed by atoms with Crippen molar-refractivity contribution in [3.05, 3.63) is 0 Å². The standard InChI is InChI=1S/C9H19N/c1-8-5-6-10(4)7-9(8,2)3/h8H,5-7H2,1-4H3/t8-/m0/s1. The van der Waals surface area contributed by atoms with Gasteiger partial charge in [0.15, 0.2) is 0 Å². The summed E-state index contributed by atoms with van der Waals surface area (Å²) in [4.78, 5) is 2.43. The average Bonchev–Trinajstić information content (AvgIpc) is 1.78. The molecule has 1 aliphatic rings. The Kier molecular flexibility index (Phi) is 2.04. The first-order valence-corrected chi connectivity index (χ1v) is 4.21. The summed E-state index contributed by atoms with van der Waals surface area (Å²) in [6.45, 7) is 9.65. The zero-order chi connectivity index (χ0) is 7.78. The highest BCUT2D eigenvalue weighted by molar-refractivity contribution is 4.83. The molecule has 0 amide bonds. The van der Waals surface area contributed by atoms with Gasteiger partial charge in [-0.05, 0) is 31.3 Å². The lowest BCUT2D eigenvalue weighted by Crippen LogP contribution is -2.42. The van der Waals surface area contributed by atoms with Crippen molar-refractivity contribution >= 4 is 0 Å². The first-order valence-electron chi connectivity index (χ1n) is 4.21. The minimum atomic E-state index is 0.535. The number of rotatable bonds is 0. The molecule has 10 heavy (non-hydrogen) atoms. The smallest absolute Gasteiger partial charge is 0.00322 e. The lowest BCUT2D eigenvalue weighted by Gasteiger charge is -2.41. The van der Waals surface area contributed by atoms with Crippen LogP contribution in [0.5, 0.6) is 0 Å². The minimum absolute atomic E-state index is 0.535. The molecule has 1 rings (SSSR count). The Morgan fingerprint density at radius 3 is 2.40 bits per heavy atom. The fraction of sp³-hybridized carbons (Fsp3) is 1.00. The van der Waals surface area contributed by atoms with Gasteiger partial charge < -0.3 is 4.90 Å². The molecule has 0 aromatic rings. The van der Waals surface area contributed by atoms with E-state index in [1.807, 2.05) is 0 Å². The van der Waals surface area contributed by atoms with Crippen LogP contribution in [0.1, 0.15) is 27.2 Å². The van der Waals surface area contributed by atoms with Gasteiger partial charge in [0.25, 0.3) is 0 Å². The molecular formula is C9H19N. The normalized spacial score (nSPS) is 34.2. The predicted octanol–water partition coefficient (Wildman–Crippen LogP) is 1.98. The van der Waals surface area contributed by atoms with Crippen LogP contribution in [-0.4, -0.2) is 25.0 Å². The molecule has 0 aromatic heterocycles. The topological polar surface area (TPSA) is 3.24 Å². The maximum atomic E-state index is 2.43. The molecular weight excluding hydrogens is 122 g/mol. The van der Waals surface area contributed by atoms with Gasteiger partial charge in [0.1, 0.15) is 0 Å². The fourth-order valence-electron chi connectivity index (χ4n) is 1.74. The first-order chi connectivity index (χ1) is 4.52. The summed E-state index contributed by atoms with van der Waals surface area (Å²) in [6.07, 6.45) is 1.36.